The second-order valence-corrected chi connectivity index (χ2v) is 5.72. The number of hydrogen-bond acceptors (Lipinski definition) is 7. The predicted molar refractivity (Wildman–Crippen MR) is 97.0 cm³/mol. The van der Waals surface area contributed by atoms with Gasteiger partial charge in [0.15, 0.2) is 5.82 Å². The molecule has 0 unspecified atom stereocenters. The molecule has 2 heterocycles. The van der Waals surface area contributed by atoms with Gasteiger partial charge in [0.05, 0.1) is 19.4 Å². The Morgan fingerprint density at radius 3 is 2.62 bits per heavy atom. The van der Waals surface area contributed by atoms with E-state index in [2.05, 4.69) is 42.4 Å². The van der Waals surface area contributed by atoms with Gasteiger partial charge in [-0.3, -0.25) is 5.43 Å². The fraction of sp³-hybridized carbons (Fsp3) is 0.353. The zero-order valence-corrected chi connectivity index (χ0v) is 14.0. The Morgan fingerprint density at radius 2 is 1.92 bits per heavy atom. The molecule has 24 heavy (non-hydrogen) atoms. The van der Waals surface area contributed by atoms with E-state index in [9.17, 15) is 0 Å². The van der Waals surface area contributed by atoms with Crippen molar-refractivity contribution in [3.8, 4) is 0 Å². The van der Waals surface area contributed by atoms with E-state index in [1.54, 1.807) is 12.5 Å². The van der Waals surface area contributed by atoms with Crippen LogP contribution in [0, 0.1) is 0 Å². The van der Waals surface area contributed by atoms with Gasteiger partial charge in [-0.25, -0.2) is 9.97 Å². The molecule has 1 aromatic heterocycles. The van der Waals surface area contributed by atoms with E-state index in [0.29, 0.717) is 5.82 Å². The predicted octanol–water partition coefficient (Wildman–Crippen LogP) is 1.83. The van der Waals surface area contributed by atoms with Crippen molar-refractivity contribution in [1.29, 1.82) is 0 Å². The molecule has 1 saturated heterocycles. The van der Waals surface area contributed by atoms with Crippen molar-refractivity contribution in [2.75, 3.05) is 55.6 Å². The van der Waals surface area contributed by atoms with Crippen LogP contribution in [0.4, 0.5) is 17.3 Å². The van der Waals surface area contributed by atoms with Gasteiger partial charge in [-0.05, 0) is 17.7 Å². The lowest BCUT2D eigenvalue weighted by atomic mass is 10.2. The summed E-state index contributed by atoms with van der Waals surface area (Å²) in [5.74, 6) is 1.56. The molecule has 0 spiro atoms. The Kier molecular flexibility index (Phi) is 5.22. The third kappa shape index (κ3) is 4.20. The molecule has 7 heteroatoms. The van der Waals surface area contributed by atoms with Crippen LogP contribution in [-0.4, -0.2) is 56.6 Å². The van der Waals surface area contributed by atoms with E-state index >= 15 is 0 Å². The van der Waals surface area contributed by atoms with Gasteiger partial charge in [0.1, 0.15) is 12.1 Å². The van der Waals surface area contributed by atoms with Crippen molar-refractivity contribution in [2.45, 2.75) is 0 Å². The molecule has 1 aromatic carbocycles. The second kappa shape index (κ2) is 7.74. The SMILES string of the molecule is CN(C)c1ccc(/C=N/Nc2cc(N3CCOCC3)ncn2)cc1. The summed E-state index contributed by atoms with van der Waals surface area (Å²) in [7, 11) is 4.04. The minimum absolute atomic E-state index is 0.674. The number of ether oxygens (including phenoxy) is 1. The first kappa shape index (κ1) is 16.2. The minimum atomic E-state index is 0.674. The standard InChI is InChI=1S/C17H22N6O/c1-22(2)15-5-3-14(4-6-15)12-20-21-16-11-17(19-13-18-16)23-7-9-24-10-8-23/h3-6,11-13H,7-10H2,1-2H3,(H,18,19,21)/b20-12+. The van der Waals surface area contributed by atoms with Gasteiger partial charge < -0.3 is 14.5 Å². The molecule has 0 radical (unpaired) electrons. The summed E-state index contributed by atoms with van der Waals surface area (Å²) < 4.78 is 5.36. The number of nitrogens with zero attached hydrogens (tertiary/aromatic N) is 5. The highest BCUT2D eigenvalue weighted by molar-refractivity contribution is 5.80. The lowest BCUT2D eigenvalue weighted by Crippen LogP contribution is -2.36. The Labute approximate surface area is 142 Å². The molecule has 3 rings (SSSR count). The van der Waals surface area contributed by atoms with Crippen molar-refractivity contribution in [3.05, 3.63) is 42.2 Å². The first-order valence-corrected chi connectivity index (χ1v) is 7.93. The number of aromatic nitrogens is 2. The summed E-state index contributed by atoms with van der Waals surface area (Å²) in [5.41, 5.74) is 5.14. The number of hydrazone groups is 1. The molecule has 126 valence electrons. The van der Waals surface area contributed by atoms with E-state index in [1.165, 1.54) is 0 Å². The Bertz CT molecular complexity index is 680. The van der Waals surface area contributed by atoms with Crippen molar-refractivity contribution in [2.24, 2.45) is 5.10 Å². The van der Waals surface area contributed by atoms with Crippen LogP contribution in [0.5, 0.6) is 0 Å². The molecule has 0 saturated carbocycles. The van der Waals surface area contributed by atoms with E-state index in [-0.39, 0.29) is 0 Å². The molecular weight excluding hydrogens is 304 g/mol. The van der Waals surface area contributed by atoms with Gasteiger partial charge in [0, 0.05) is 38.9 Å². The summed E-state index contributed by atoms with van der Waals surface area (Å²) in [4.78, 5) is 12.8. The number of anilines is 3. The molecule has 0 aliphatic carbocycles. The van der Waals surface area contributed by atoms with Gasteiger partial charge in [0.25, 0.3) is 0 Å². The van der Waals surface area contributed by atoms with Crippen molar-refractivity contribution in [1.82, 2.24) is 9.97 Å². The number of nitrogens with one attached hydrogen (secondary N) is 1. The summed E-state index contributed by atoms with van der Waals surface area (Å²) >= 11 is 0. The van der Waals surface area contributed by atoms with E-state index in [1.807, 2.05) is 32.3 Å². The van der Waals surface area contributed by atoms with Gasteiger partial charge in [0.2, 0.25) is 0 Å². The second-order valence-electron chi connectivity index (χ2n) is 5.72. The maximum absolute atomic E-state index is 5.36. The van der Waals surface area contributed by atoms with E-state index in [4.69, 9.17) is 4.74 Å². The van der Waals surface area contributed by atoms with Crippen LogP contribution in [-0.2, 0) is 4.74 Å². The molecule has 7 nitrogen and oxygen atoms in total. The van der Waals surface area contributed by atoms with Crippen molar-refractivity contribution in [3.63, 3.8) is 0 Å². The largest absolute Gasteiger partial charge is 0.378 e. The van der Waals surface area contributed by atoms with E-state index in [0.717, 1.165) is 43.4 Å². The smallest absolute Gasteiger partial charge is 0.151 e. The highest BCUT2D eigenvalue weighted by Gasteiger charge is 2.12. The van der Waals surface area contributed by atoms with Crippen molar-refractivity contribution < 1.29 is 4.74 Å². The molecule has 1 fully saturated rings. The number of morpholine rings is 1. The highest BCUT2D eigenvalue weighted by Crippen LogP contribution is 2.15. The monoisotopic (exact) mass is 326 g/mol. The molecule has 1 aliphatic heterocycles. The molecular formula is C17H22N6O. The van der Waals surface area contributed by atoms with Gasteiger partial charge in [-0.1, -0.05) is 12.1 Å². The van der Waals surface area contributed by atoms with Crippen LogP contribution >= 0.6 is 0 Å². The van der Waals surface area contributed by atoms with Gasteiger partial charge in [-0.2, -0.15) is 5.10 Å². The zero-order chi connectivity index (χ0) is 16.8. The lowest BCUT2D eigenvalue weighted by molar-refractivity contribution is 0.122. The molecule has 1 N–H and O–H groups in total. The van der Waals surface area contributed by atoms with Crippen LogP contribution in [0.3, 0.4) is 0 Å². The van der Waals surface area contributed by atoms with Crippen LogP contribution < -0.4 is 15.2 Å². The van der Waals surface area contributed by atoms with Gasteiger partial charge in [-0.15, -0.1) is 0 Å². The van der Waals surface area contributed by atoms with Crippen LogP contribution in [0.1, 0.15) is 5.56 Å². The average Bonchev–Trinajstić information content (AvgIpc) is 2.63. The molecule has 2 aromatic rings. The number of benzene rings is 1. The first-order chi connectivity index (χ1) is 11.7. The fourth-order valence-electron chi connectivity index (χ4n) is 2.41. The quantitative estimate of drug-likeness (QED) is 0.668. The summed E-state index contributed by atoms with van der Waals surface area (Å²) in [6, 6.07) is 10.1. The molecule has 0 amide bonds. The highest BCUT2D eigenvalue weighted by atomic mass is 16.5. The summed E-state index contributed by atoms with van der Waals surface area (Å²) in [6.07, 6.45) is 3.32. The number of rotatable bonds is 5. The summed E-state index contributed by atoms with van der Waals surface area (Å²) in [6.45, 7) is 3.15. The lowest BCUT2D eigenvalue weighted by Gasteiger charge is -2.27. The van der Waals surface area contributed by atoms with E-state index < -0.39 is 0 Å². The van der Waals surface area contributed by atoms with Gasteiger partial charge >= 0.3 is 0 Å². The Balaban J connectivity index is 1.61. The first-order valence-electron chi connectivity index (χ1n) is 7.93. The maximum atomic E-state index is 5.36. The normalized spacial score (nSPS) is 14.8. The third-order valence-corrected chi connectivity index (χ3v) is 3.79. The Morgan fingerprint density at radius 1 is 1.17 bits per heavy atom. The summed E-state index contributed by atoms with van der Waals surface area (Å²) in [5, 5.41) is 4.25. The third-order valence-electron chi connectivity index (χ3n) is 3.79. The fourth-order valence-corrected chi connectivity index (χ4v) is 2.41. The molecule has 0 atom stereocenters. The van der Waals surface area contributed by atoms with Crippen LogP contribution in [0.25, 0.3) is 0 Å². The van der Waals surface area contributed by atoms with Crippen LogP contribution in [0.15, 0.2) is 41.8 Å². The molecule has 0 bridgehead atoms. The van der Waals surface area contributed by atoms with Crippen molar-refractivity contribution >= 4 is 23.5 Å². The molecule has 1 aliphatic rings. The number of hydrogen-bond donors (Lipinski definition) is 1. The topological polar surface area (TPSA) is 65.9 Å². The Hall–Kier alpha value is -2.67. The minimum Gasteiger partial charge on any atom is -0.378 e. The maximum Gasteiger partial charge on any atom is 0.151 e. The average molecular weight is 326 g/mol. The zero-order valence-electron chi connectivity index (χ0n) is 14.0. The van der Waals surface area contributed by atoms with Crippen LogP contribution in [0.2, 0.25) is 0 Å².